The lowest BCUT2D eigenvalue weighted by atomic mass is 10.1. The number of rotatable bonds is 5. The van der Waals surface area contributed by atoms with Crippen LogP contribution in [0.25, 0.3) is 11.3 Å². The minimum atomic E-state index is -1.05. The number of methoxy groups -OCH3 is 1. The molecule has 122 valence electrons. The van der Waals surface area contributed by atoms with Crippen molar-refractivity contribution in [3.63, 3.8) is 0 Å². The minimum Gasteiger partial charge on any atom is -0.493 e. The molecule has 1 aliphatic carbocycles. The fraction of sp³-hybridized carbons (Fsp3) is 0.375. The summed E-state index contributed by atoms with van der Waals surface area (Å²) in [5.74, 6) is 0.243. The molecule has 7 heteroatoms. The van der Waals surface area contributed by atoms with Crippen molar-refractivity contribution in [3.05, 3.63) is 28.4 Å². The van der Waals surface area contributed by atoms with Gasteiger partial charge in [0.05, 0.1) is 18.9 Å². The van der Waals surface area contributed by atoms with Gasteiger partial charge in [0.2, 0.25) is 0 Å². The number of H-pyrrole nitrogens is 1. The van der Waals surface area contributed by atoms with E-state index >= 15 is 0 Å². The topological polar surface area (TPSA) is 84.4 Å². The van der Waals surface area contributed by atoms with Crippen molar-refractivity contribution in [1.29, 1.82) is 0 Å². The molecule has 2 N–H and O–H groups in total. The molecule has 0 spiro atoms. The van der Waals surface area contributed by atoms with E-state index in [2.05, 4.69) is 26.1 Å². The van der Waals surface area contributed by atoms with Gasteiger partial charge in [0.1, 0.15) is 5.69 Å². The summed E-state index contributed by atoms with van der Waals surface area (Å²) in [6, 6.07) is 5.14. The van der Waals surface area contributed by atoms with Gasteiger partial charge in [0, 0.05) is 10.0 Å². The zero-order chi connectivity index (χ0) is 16.4. The summed E-state index contributed by atoms with van der Waals surface area (Å²) in [6.07, 6.45) is 4.73. The number of carboxylic acids is 1. The van der Waals surface area contributed by atoms with Crippen LogP contribution in [0, 0.1) is 0 Å². The number of hydrogen-bond donors (Lipinski definition) is 2. The third kappa shape index (κ3) is 3.34. The van der Waals surface area contributed by atoms with Crippen molar-refractivity contribution in [3.8, 4) is 22.8 Å². The van der Waals surface area contributed by atoms with Gasteiger partial charge in [-0.25, -0.2) is 4.79 Å². The van der Waals surface area contributed by atoms with Gasteiger partial charge in [-0.3, -0.25) is 5.10 Å². The first kappa shape index (κ1) is 15.9. The summed E-state index contributed by atoms with van der Waals surface area (Å²) < 4.78 is 12.2. The van der Waals surface area contributed by atoms with Crippen LogP contribution in [0.5, 0.6) is 11.5 Å². The zero-order valence-corrected chi connectivity index (χ0v) is 14.2. The summed E-state index contributed by atoms with van der Waals surface area (Å²) >= 11 is 3.51. The molecule has 0 saturated heterocycles. The molecule has 0 atom stereocenters. The van der Waals surface area contributed by atoms with E-state index in [9.17, 15) is 4.79 Å². The van der Waals surface area contributed by atoms with E-state index in [1.54, 1.807) is 13.2 Å². The second kappa shape index (κ2) is 6.62. The average molecular weight is 381 g/mol. The lowest BCUT2D eigenvalue weighted by Gasteiger charge is -2.17. The zero-order valence-electron chi connectivity index (χ0n) is 12.6. The number of halogens is 1. The monoisotopic (exact) mass is 380 g/mol. The first-order valence-electron chi connectivity index (χ1n) is 7.41. The standard InChI is InChI=1S/C16H17BrN2O4/c1-22-14-6-10(12-8-13(16(20)21)19-18-12)11(17)7-15(14)23-9-4-2-3-5-9/h6-9H,2-5H2,1H3,(H,18,19)(H,20,21). The highest BCUT2D eigenvalue weighted by Crippen LogP contribution is 2.39. The van der Waals surface area contributed by atoms with E-state index in [4.69, 9.17) is 14.6 Å². The van der Waals surface area contributed by atoms with E-state index in [1.165, 1.54) is 18.9 Å². The number of carbonyl (C=O) groups is 1. The second-order valence-electron chi connectivity index (χ2n) is 5.48. The van der Waals surface area contributed by atoms with Crippen molar-refractivity contribution >= 4 is 21.9 Å². The molecule has 1 aliphatic rings. The van der Waals surface area contributed by atoms with Crippen LogP contribution in [0.1, 0.15) is 36.2 Å². The number of aromatic nitrogens is 2. The molecule has 0 unspecified atom stereocenters. The molecular formula is C16H17BrN2O4. The highest BCUT2D eigenvalue weighted by atomic mass is 79.9. The molecule has 3 rings (SSSR count). The molecular weight excluding hydrogens is 364 g/mol. The van der Waals surface area contributed by atoms with Gasteiger partial charge in [0.15, 0.2) is 11.5 Å². The molecule has 0 radical (unpaired) electrons. The average Bonchev–Trinajstić information content (AvgIpc) is 3.18. The Morgan fingerprint density at radius 3 is 2.65 bits per heavy atom. The van der Waals surface area contributed by atoms with Gasteiger partial charge < -0.3 is 14.6 Å². The van der Waals surface area contributed by atoms with Gasteiger partial charge in [-0.15, -0.1) is 0 Å². The fourth-order valence-corrected chi connectivity index (χ4v) is 3.26. The maximum absolute atomic E-state index is 11.0. The number of nitrogens with zero attached hydrogens (tertiary/aromatic N) is 1. The highest BCUT2D eigenvalue weighted by Gasteiger charge is 2.21. The lowest BCUT2D eigenvalue weighted by molar-refractivity contribution is 0.0690. The predicted octanol–water partition coefficient (Wildman–Crippen LogP) is 3.87. The van der Waals surface area contributed by atoms with Gasteiger partial charge >= 0.3 is 5.97 Å². The molecule has 0 aliphatic heterocycles. The van der Waals surface area contributed by atoms with Crippen molar-refractivity contribution in [2.24, 2.45) is 0 Å². The van der Waals surface area contributed by atoms with Crippen LogP contribution < -0.4 is 9.47 Å². The number of hydrogen-bond acceptors (Lipinski definition) is 4. The van der Waals surface area contributed by atoms with E-state index in [0.717, 1.165) is 22.9 Å². The van der Waals surface area contributed by atoms with Crippen LogP contribution in [0.4, 0.5) is 0 Å². The van der Waals surface area contributed by atoms with Crippen molar-refractivity contribution < 1.29 is 19.4 Å². The number of benzene rings is 1. The molecule has 2 aromatic rings. The Bertz CT molecular complexity index is 723. The number of ether oxygens (including phenoxy) is 2. The van der Waals surface area contributed by atoms with Crippen molar-refractivity contribution in [1.82, 2.24) is 10.2 Å². The van der Waals surface area contributed by atoms with Crippen LogP contribution >= 0.6 is 15.9 Å². The molecule has 23 heavy (non-hydrogen) atoms. The van der Waals surface area contributed by atoms with Crippen LogP contribution in [-0.4, -0.2) is 34.5 Å². The molecule has 0 amide bonds. The SMILES string of the molecule is COc1cc(-c2cc(C(=O)O)[nH]n2)c(Br)cc1OC1CCCC1. The predicted molar refractivity (Wildman–Crippen MR) is 88.1 cm³/mol. The van der Waals surface area contributed by atoms with Gasteiger partial charge in [-0.1, -0.05) is 0 Å². The number of aromatic carboxylic acids is 1. The maximum Gasteiger partial charge on any atom is 0.353 e. The van der Waals surface area contributed by atoms with Gasteiger partial charge in [-0.2, -0.15) is 5.10 Å². The number of aromatic amines is 1. The Kier molecular flexibility index (Phi) is 4.56. The lowest BCUT2D eigenvalue weighted by Crippen LogP contribution is -2.11. The Hall–Kier alpha value is -2.02. The van der Waals surface area contributed by atoms with E-state index in [1.807, 2.05) is 6.07 Å². The Labute approximate surface area is 141 Å². The molecule has 6 nitrogen and oxygen atoms in total. The summed E-state index contributed by atoms with van der Waals surface area (Å²) in [5.41, 5.74) is 1.31. The molecule has 1 saturated carbocycles. The third-order valence-corrected chi connectivity index (χ3v) is 4.59. The molecule has 1 fully saturated rings. The second-order valence-corrected chi connectivity index (χ2v) is 6.33. The first-order valence-corrected chi connectivity index (χ1v) is 8.21. The highest BCUT2D eigenvalue weighted by molar-refractivity contribution is 9.10. The normalized spacial score (nSPS) is 14.9. The van der Waals surface area contributed by atoms with Crippen molar-refractivity contribution in [2.75, 3.05) is 7.11 Å². The van der Waals surface area contributed by atoms with Crippen LogP contribution in [-0.2, 0) is 0 Å². The third-order valence-electron chi connectivity index (χ3n) is 3.93. The molecule has 1 heterocycles. The summed E-state index contributed by atoms with van der Waals surface area (Å²) in [7, 11) is 1.59. The Morgan fingerprint density at radius 2 is 2.04 bits per heavy atom. The Balaban J connectivity index is 1.93. The molecule has 1 aromatic carbocycles. The minimum absolute atomic E-state index is 0.0390. The largest absolute Gasteiger partial charge is 0.493 e. The van der Waals surface area contributed by atoms with Gasteiger partial charge in [-0.05, 0) is 59.8 Å². The van der Waals surface area contributed by atoms with Crippen LogP contribution in [0.2, 0.25) is 0 Å². The van der Waals surface area contributed by atoms with E-state index < -0.39 is 5.97 Å². The Morgan fingerprint density at radius 1 is 1.30 bits per heavy atom. The number of nitrogens with one attached hydrogen (secondary N) is 1. The maximum atomic E-state index is 11.0. The fourth-order valence-electron chi connectivity index (χ4n) is 2.74. The summed E-state index contributed by atoms with van der Waals surface area (Å²) in [4.78, 5) is 11.0. The first-order chi connectivity index (χ1) is 11.1. The smallest absolute Gasteiger partial charge is 0.353 e. The number of carboxylic acid groups (broad SMARTS) is 1. The molecule has 0 bridgehead atoms. The quantitative estimate of drug-likeness (QED) is 0.822. The summed E-state index contributed by atoms with van der Waals surface area (Å²) in [6.45, 7) is 0. The van der Waals surface area contributed by atoms with Crippen LogP contribution in [0.3, 0.4) is 0 Å². The van der Waals surface area contributed by atoms with Gasteiger partial charge in [0.25, 0.3) is 0 Å². The summed E-state index contributed by atoms with van der Waals surface area (Å²) in [5, 5.41) is 15.5. The van der Waals surface area contributed by atoms with E-state index in [0.29, 0.717) is 17.2 Å². The van der Waals surface area contributed by atoms with Crippen LogP contribution in [0.15, 0.2) is 22.7 Å². The van der Waals surface area contributed by atoms with Crippen molar-refractivity contribution in [2.45, 2.75) is 31.8 Å². The molecule has 1 aromatic heterocycles. The van der Waals surface area contributed by atoms with E-state index in [-0.39, 0.29) is 11.8 Å².